The molecule has 4 heterocycles. The number of rotatable bonds is 6. The Kier molecular flexibility index (Phi) is 6.38. The Morgan fingerprint density at radius 2 is 1.89 bits per heavy atom. The molecule has 4 aromatic rings. The maximum absolute atomic E-state index is 12.4. The highest BCUT2D eigenvalue weighted by molar-refractivity contribution is 6.05. The molecule has 2 N–H and O–H groups in total. The number of esters is 1. The quantitative estimate of drug-likeness (QED) is 0.392. The standard InChI is InChI=1S/C25H28N8O3/c1-15-11-17(33-7-9-36-10-8-33)22(26-2)19(16-12-27-13-18-21(16)30-14-32(18)3)20(15)31-24-23(25(34)35-4)28-5-6-29-24/h5-6,11-14,26H,7-10H2,1-4H3,(H,29,31). The number of imidazole rings is 1. The molecule has 36 heavy (non-hydrogen) atoms. The summed E-state index contributed by atoms with van der Waals surface area (Å²) in [5.41, 5.74) is 7.23. The van der Waals surface area contributed by atoms with E-state index in [0.717, 1.165) is 57.9 Å². The number of carbonyl (C=O) groups excluding carboxylic acids is 1. The second kappa shape index (κ2) is 9.78. The van der Waals surface area contributed by atoms with Crippen LogP contribution in [0.25, 0.3) is 22.2 Å². The third kappa shape index (κ3) is 4.07. The number of fused-ring (bicyclic) bond motifs is 1. The third-order valence-electron chi connectivity index (χ3n) is 6.33. The van der Waals surface area contributed by atoms with Crippen molar-refractivity contribution in [1.29, 1.82) is 0 Å². The molecule has 1 aromatic carbocycles. The molecular weight excluding hydrogens is 460 g/mol. The van der Waals surface area contributed by atoms with Gasteiger partial charge in [-0.1, -0.05) is 0 Å². The summed E-state index contributed by atoms with van der Waals surface area (Å²) in [6, 6.07) is 2.13. The number of anilines is 4. The van der Waals surface area contributed by atoms with Crippen molar-refractivity contribution >= 4 is 39.9 Å². The number of hydrogen-bond donors (Lipinski definition) is 2. The largest absolute Gasteiger partial charge is 0.464 e. The van der Waals surface area contributed by atoms with Crippen LogP contribution in [0.1, 0.15) is 16.1 Å². The number of nitrogens with zero attached hydrogens (tertiary/aromatic N) is 6. The topological polar surface area (TPSA) is 119 Å². The third-order valence-corrected chi connectivity index (χ3v) is 6.33. The lowest BCUT2D eigenvalue weighted by atomic mass is 9.96. The van der Waals surface area contributed by atoms with Crippen molar-refractivity contribution in [1.82, 2.24) is 24.5 Å². The second-order valence-electron chi connectivity index (χ2n) is 8.47. The molecular formula is C25H28N8O3. The molecule has 0 radical (unpaired) electrons. The molecule has 1 fully saturated rings. The van der Waals surface area contributed by atoms with Gasteiger partial charge >= 0.3 is 5.97 Å². The van der Waals surface area contributed by atoms with Crippen LogP contribution >= 0.6 is 0 Å². The summed E-state index contributed by atoms with van der Waals surface area (Å²) in [4.78, 5) is 32.5. The summed E-state index contributed by atoms with van der Waals surface area (Å²) in [5, 5.41) is 6.80. The molecule has 186 valence electrons. The smallest absolute Gasteiger partial charge is 0.360 e. The Morgan fingerprint density at radius 3 is 2.64 bits per heavy atom. The van der Waals surface area contributed by atoms with Gasteiger partial charge in [-0.2, -0.15) is 0 Å². The summed E-state index contributed by atoms with van der Waals surface area (Å²) in [5.74, 6) is -0.270. The first-order valence-electron chi connectivity index (χ1n) is 11.6. The zero-order valence-electron chi connectivity index (χ0n) is 20.7. The molecule has 3 aromatic heterocycles. The molecule has 1 aliphatic heterocycles. The van der Waals surface area contributed by atoms with Crippen LogP contribution in [-0.2, 0) is 16.5 Å². The molecule has 1 aliphatic rings. The van der Waals surface area contributed by atoms with Gasteiger partial charge in [-0.15, -0.1) is 0 Å². The van der Waals surface area contributed by atoms with Crippen LogP contribution in [0.2, 0.25) is 0 Å². The van der Waals surface area contributed by atoms with Gasteiger partial charge in [0.25, 0.3) is 0 Å². The number of ether oxygens (including phenoxy) is 2. The number of carbonyl (C=O) groups is 1. The summed E-state index contributed by atoms with van der Waals surface area (Å²) in [6.45, 7) is 4.91. The van der Waals surface area contributed by atoms with Gasteiger partial charge in [-0.3, -0.25) is 4.98 Å². The maximum Gasteiger partial charge on any atom is 0.360 e. The zero-order valence-corrected chi connectivity index (χ0v) is 20.7. The number of hydrogen-bond acceptors (Lipinski definition) is 10. The highest BCUT2D eigenvalue weighted by Crippen LogP contribution is 2.46. The Balaban J connectivity index is 1.78. The van der Waals surface area contributed by atoms with Gasteiger partial charge in [0.2, 0.25) is 0 Å². The fraction of sp³-hybridized carbons (Fsp3) is 0.320. The summed E-state index contributed by atoms with van der Waals surface area (Å²) in [6.07, 6.45) is 8.39. The van der Waals surface area contributed by atoms with Gasteiger partial charge in [0.05, 0.1) is 60.9 Å². The van der Waals surface area contributed by atoms with Gasteiger partial charge < -0.3 is 29.6 Å². The minimum Gasteiger partial charge on any atom is -0.464 e. The van der Waals surface area contributed by atoms with E-state index in [2.05, 4.69) is 41.5 Å². The molecule has 0 amide bonds. The fourth-order valence-corrected chi connectivity index (χ4v) is 4.56. The van der Waals surface area contributed by atoms with Crippen LogP contribution in [0.4, 0.5) is 22.9 Å². The average molecular weight is 489 g/mol. The van der Waals surface area contributed by atoms with Crippen LogP contribution < -0.4 is 15.5 Å². The molecule has 0 spiro atoms. The van der Waals surface area contributed by atoms with Crippen molar-refractivity contribution in [3.05, 3.63) is 48.4 Å². The Bertz CT molecular complexity index is 1430. The molecule has 11 nitrogen and oxygen atoms in total. The van der Waals surface area contributed by atoms with Crippen LogP contribution in [0.3, 0.4) is 0 Å². The Labute approximate surface area is 208 Å². The van der Waals surface area contributed by atoms with E-state index >= 15 is 0 Å². The van der Waals surface area contributed by atoms with E-state index in [-0.39, 0.29) is 5.69 Å². The van der Waals surface area contributed by atoms with Crippen LogP contribution in [0.15, 0.2) is 37.2 Å². The Morgan fingerprint density at radius 1 is 1.11 bits per heavy atom. The lowest BCUT2D eigenvalue weighted by molar-refractivity contribution is 0.0595. The van der Waals surface area contributed by atoms with Gasteiger partial charge in [-0.05, 0) is 18.6 Å². The molecule has 0 saturated carbocycles. The van der Waals surface area contributed by atoms with Crippen LogP contribution in [0, 0.1) is 6.92 Å². The number of aromatic nitrogens is 5. The monoisotopic (exact) mass is 488 g/mol. The first-order valence-corrected chi connectivity index (χ1v) is 11.6. The van der Waals surface area contributed by atoms with E-state index in [0.29, 0.717) is 19.0 Å². The summed E-state index contributed by atoms with van der Waals surface area (Å²) < 4.78 is 12.5. The summed E-state index contributed by atoms with van der Waals surface area (Å²) >= 11 is 0. The van der Waals surface area contributed by atoms with Crippen molar-refractivity contribution in [3.8, 4) is 11.1 Å². The number of methoxy groups -OCH3 is 1. The van der Waals surface area contributed by atoms with Crippen LogP contribution in [-0.4, -0.2) is 70.9 Å². The molecule has 0 unspecified atom stereocenters. The zero-order chi connectivity index (χ0) is 25.2. The van der Waals surface area contributed by atoms with E-state index in [9.17, 15) is 4.79 Å². The predicted octanol–water partition coefficient (Wildman–Crippen LogP) is 3.14. The average Bonchev–Trinajstić information content (AvgIpc) is 3.30. The maximum atomic E-state index is 12.4. The number of aryl methyl sites for hydroxylation is 2. The minimum absolute atomic E-state index is 0.0998. The van der Waals surface area contributed by atoms with Crippen molar-refractivity contribution in [2.45, 2.75) is 6.92 Å². The van der Waals surface area contributed by atoms with E-state index < -0.39 is 5.97 Å². The molecule has 1 saturated heterocycles. The molecule has 0 bridgehead atoms. The molecule has 11 heteroatoms. The SMILES string of the molecule is CNc1c(N2CCOCC2)cc(C)c(Nc2nccnc2C(=O)OC)c1-c1cncc2c1ncn2C. The van der Waals surface area contributed by atoms with E-state index in [4.69, 9.17) is 9.47 Å². The Hall–Kier alpha value is -4.25. The highest BCUT2D eigenvalue weighted by Gasteiger charge is 2.26. The van der Waals surface area contributed by atoms with Crippen LogP contribution in [0.5, 0.6) is 0 Å². The fourth-order valence-electron chi connectivity index (χ4n) is 4.56. The van der Waals surface area contributed by atoms with Crippen molar-refractivity contribution in [3.63, 3.8) is 0 Å². The number of benzene rings is 1. The normalized spacial score (nSPS) is 13.6. The van der Waals surface area contributed by atoms with Gasteiger partial charge in [0.15, 0.2) is 11.5 Å². The van der Waals surface area contributed by atoms with Crippen molar-refractivity contribution < 1.29 is 14.3 Å². The van der Waals surface area contributed by atoms with E-state index in [1.807, 2.05) is 31.8 Å². The van der Waals surface area contributed by atoms with Gasteiger partial charge in [0.1, 0.15) is 0 Å². The number of morpholine rings is 1. The number of pyridine rings is 1. The van der Waals surface area contributed by atoms with Crippen molar-refractivity contribution in [2.75, 3.05) is 56.0 Å². The van der Waals surface area contributed by atoms with E-state index in [1.54, 1.807) is 12.5 Å². The second-order valence-corrected chi connectivity index (χ2v) is 8.47. The first-order chi connectivity index (χ1) is 17.5. The highest BCUT2D eigenvalue weighted by atomic mass is 16.5. The predicted molar refractivity (Wildman–Crippen MR) is 138 cm³/mol. The van der Waals surface area contributed by atoms with E-state index in [1.165, 1.54) is 19.5 Å². The molecule has 0 atom stereocenters. The minimum atomic E-state index is -0.572. The summed E-state index contributed by atoms with van der Waals surface area (Å²) in [7, 11) is 5.16. The lowest BCUT2D eigenvalue weighted by Crippen LogP contribution is -2.36. The number of nitrogens with one attached hydrogen (secondary N) is 2. The lowest BCUT2D eigenvalue weighted by Gasteiger charge is -2.33. The van der Waals surface area contributed by atoms with Gasteiger partial charge in [0, 0.05) is 56.9 Å². The molecule has 0 aliphatic carbocycles. The molecule has 5 rings (SSSR count). The first kappa shape index (κ1) is 23.5. The van der Waals surface area contributed by atoms with Gasteiger partial charge in [-0.25, -0.2) is 19.7 Å². The van der Waals surface area contributed by atoms with Crippen molar-refractivity contribution in [2.24, 2.45) is 7.05 Å².